The molecule has 1 atom stereocenters. The third-order valence-electron chi connectivity index (χ3n) is 4.85. The monoisotopic (exact) mass is 322 g/mol. The first-order valence-electron chi connectivity index (χ1n) is 8.11. The number of hydrogen-bond donors (Lipinski definition) is 0. The number of terminal acetylenes is 1. The summed E-state index contributed by atoms with van der Waals surface area (Å²) >= 11 is 0. The average Bonchev–Trinajstić information content (AvgIpc) is 2.40. The van der Waals surface area contributed by atoms with Crippen LogP contribution in [0.2, 0.25) is 18.1 Å². The summed E-state index contributed by atoms with van der Waals surface area (Å²) in [5, 5.41) is 0.0713. The number of hydrogen-bond acceptors (Lipinski definition) is 3. The predicted molar refractivity (Wildman–Crippen MR) is 92.7 cm³/mol. The van der Waals surface area contributed by atoms with E-state index in [1.54, 1.807) is 0 Å². The summed E-state index contributed by atoms with van der Waals surface area (Å²) in [5.74, 6) is 3.18. The quantitative estimate of drug-likeness (QED) is 0.420. The molecule has 1 aliphatic carbocycles. The highest BCUT2D eigenvalue weighted by Crippen LogP contribution is 2.47. The van der Waals surface area contributed by atoms with E-state index in [1.807, 2.05) is 6.92 Å². The lowest BCUT2D eigenvalue weighted by Gasteiger charge is -2.43. The Morgan fingerprint density at radius 2 is 2.09 bits per heavy atom. The van der Waals surface area contributed by atoms with Crippen LogP contribution in [0.4, 0.5) is 0 Å². The van der Waals surface area contributed by atoms with Crippen LogP contribution in [0.1, 0.15) is 53.4 Å². The summed E-state index contributed by atoms with van der Waals surface area (Å²) in [6.07, 6.45) is 10.5. The van der Waals surface area contributed by atoms with Crippen molar-refractivity contribution in [2.24, 2.45) is 5.41 Å². The van der Waals surface area contributed by atoms with Gasteiger partial charge in [-0.15, -0.1) is 12.3 Å². The van der Waals surface area contributed by atoms with Crippen LogP contribution in [0.5, 0.6) is 0 Å². The molecule has 1 rings (SSSR count). The van der Waals surface area contributed by atoms with Crippen LogP contribution in [0.15, 0.2) is 11.8 Å². The highest BCUT2D eigenvalue weighted by atomic mass is 28.4. The Bertz CT molecular complexity index is 480. The normalized spacial score (nSPS) is 22.5. The van der Waals surface area contributed by atoms with Gasteiger partial charge in [-0.2, -0.15) is 0 Å². The van der Waals surface area contributed by atoms with E-state index >= 15 is 0 Å². The fourth-order valence-corrected chi connectivity index (χ4v) is 3.55. The molecule has 0 spiro atoms. The molecule has 3 nitrogen and oxygen atoms in total. The number of ether oxygens (including phenoxy) is 1. The molecule has 0 fully saturated rings. The molecular formula is C18H30O3Si. The van der Waals surface area contributed by atoms with E-state index in [4.69, 9.17) is 15.6 Å². The van der Waals surface area contributed by atoms with Crippen LogP contribution in [0.25, 0.3) is 0 Å². The highest BCUT2D eigenvalue weighted by Gasteiger charge is 2.49. The van der Waals surface area contributed by atoms with Gasteiger partial charge in [-0.3, -0.25) is 4.79 Å². The maximum Gasteiger partial charge on any atom is 0.320 e. The molecule has 124 valence electrons. The number of rotatable bonds is 5. The van der Waals surface area contributed by atoms with E-state index in [1.165, 1.54) is 0 Å². The molecule has 0 heterocycles. The number of esters is 1. The van der Waals surface area contributed by atoms with E-state index in [-0.39, 0.29) is 11.0 Å². The van der Waals surface area contributed by atoms with Gasteiger partial charge in [0, 0.05) is 6.42 Å². The molecule has 4 heteroatoms. The zero-order chi connectivity index (χ0) is 17.0. The largest absolute Gasteiger partial charge is 0.546 e. The SMILES string of the molecule is C#CCC1(C(=O)OCC)CCCC=C1O[Si](C)(C)C(C)(C)C. The topological polar surface area (TPSA) is 35.5 Å². The first-order chi connectivity index (χ1) is 10.1. The Labute approximate surface area is 136 Å². The predicted octanol–water partition coefficient (Wildman–Crippen LogP) is 4.65. The Balaban J connectivity index is 3.20. The number of carbonyl (C=O) groups is 1. The van der Waals surface area contributed by atoms with Crippen molar-refractivity contribution in [3.05, 3.63) is 11.8 Å². The first kappa shape index (κ1) is 18.8. The standard InChI is InChI=1S/C18H30O3Si/c1-8-13-18(16(19)20-9-2)14-11-10-12-15(18)21-22(6,7)17(3,4)5/h1,12H,9-11,13-14H2,2-7H3. The van der Waals surface area contributed by atoms with Gasteiger partial charge >= 0.3 is 5.97 Å². The lowest BCUT2D eigenvalue weighted by Crippen LogP contribution is -2.46. The lowest BCUT2D eigenvalue weighted by molar-refractivity contribution is -0.155. The van der Waals surface area contributed by atoms with Crippen molar-refractivity contribution in [3.63, 3.8) is 0 Å². The fourth-order valence-electron chi connectivity index (χ4n) is 2.42. The Hall–Kier alpha value is -1.21. The van der Waals surface area contributed by atoms with Gasteiger partial charge in [0.15, 0.2) is 0 Å². The number of allylic oxidation sites excluding steroid dienone is 1. The molecule has 0 aromatic rings. The van der Waals surface area contributed by atoms with E-state index in [0.29, 0.717) is 19.4 Å². The second-order valence-corrected chi connectivity index (χ2v) is 12.2. The molecule has 0 bridgehead atoms. The van der Waals surface area contributed by atoms with Crippen molar-refractivity contribution < 1.29 is 14.0 Å². The van der Waals surface area contributed by atoms with Crippen molar-refractivity contribution in [1.82, 2.24) is 0 Å². The zero-order valence-corrected chi connectivity index (χ0v) is 15.9. The summed E-state index contributed by atoms with van der Waals surface area (Å²) in [7, 11) is -2.02. The van der Waals surface area contributed by atoms with Gasteiger partial charge in [-0.1, -0.05) is 20.8 Å². The maximum atomic E-state index is 12.6. The molecule has 1 aliphatic rings. The van der Waals surface area contributed by atoms with Crippen molar-refractivity contribution in [3.8, 4) is 12.3 Å². The van der Waals surface area contributed by atoms with Gasteiger partial charge in [-0.05, 0) is 50.4 Å². The molecular weight excluding hydrogens is 292 g/mol. The van der Waals surface area contributed by atoms with Gasteiger partial charge in [-0.25, -0.2) is 0 Å². The van der Waals surface area contributed by atoms with Crippen molar-refractivity contribution in [1.29, 1.82) is 0 Å². The van der Waals surface area contributed by atoms with Crippen LogP contribution in [0, 0.1) is 17.8 Å². The molecule has 0 saturated carbocycles. The third kappa shape index (κ3) is 3.75. The van der Waals surface area contributed by atoms with E-state index in [2.05, 4.69) is 45.9 Å². The summed E-state index contributed by atoms with van der Waals surface area (Å²) < 4.78 is 11.8. The van der Waals surface area contributed by atoms with Crippen LogP contribution in [-0.4, -0.2) is 20.9 Å². The molecule has 0 aromatic carbocycles. The summed E-state index contributed by atoms with van der Waals surface area (Å²) in [4.78, 5) is 12.6. The van der Waals surface area contributed by atoms with E-state index in [0.717, 1.165) is 18.6 Å². The molecule has 1 unspecified atom stereocenters. The van der Waals surface area contributed by atoms with Crippen molar-refractivity contribution in [2.45, 2.75) is 71.5 Å². The number of carbonyl (C=O) groups excluding carboxylic acids is 1. The molecule has 0 amide bonds. The molecule has 0 aliphatic heterocycles. The Kier molecular flexibility index (Phi) is 5.92. The van der Waals surface area contributed by atoms with Crippen LogP contribution < -0.4 is 0 Å². The molecule has 22 heavy (non-hydrogen) atoms. The third-order valence-corrected chi connectivity index (χ3v) is 9.19. The fraction of sp³-hybridized carbons (Fsp3) is 0.722. The Morgan fingerprint density at radius 1 is 1.45 bits per heavy atom. The molecule has 0 aromatic heterocycles. The van der Waals surface area contributed by atoms with Gasteiger partial charge < -0.3 is 9.16 Å². The van der Waals surface area contributed by atoms with Crippen LogP contribution in [0.3, 0.4) is 0 Å². The van der Waals surface area contributed by atoms with Crippen LogP contribution >= 0.6 is 0 Å². The molecule has 0 saturated heterocycles. The summed E-state index contributed by atoms with van der Waals surface area (Å²) in [6.45, 7) is 13.1. The van der Waals surface area contributed by atoms with Crippen molar-refractivity contribution >= 4 is 14.3 Å². The van der Waals surface area contributed by atoms with Crippen molar-refractivity contribution in [2.75, 3.05) is 6.61 Å². The minimum absolute atomic E-state index is 0.0713. The second-order valence-electron chi connectivity index (χ2n) is 7.51. The molecule has 0 radical (unpaired) electrons. The summed E-state index contributed by atoms with van der Waals surface area (Å²) in [6, 6.07) is 0. The summed E-state index contributed by atoms with van der Waals surface area (Å²) in [5.41, 5.74) is -0.793. The molecule has 0 N–H and O–H groups in total. The lowest BCUT2D eigenvalue weighted by atomic mass is 9.75. The average molecular weight is 323 g/mol. The second kappa shape index (κ2) is 6.91. The van der Waals surface area contributed by atoms with Gasteiger partial charge in [0.25, 0.3) is 0 Å². The van der Waals surface area contributed by atoms with E-state index in [9.17, 15) is 4.79 Å². The minimum atomic E-state index is -2.02. The van der Waals surface area contributed by atoms with Gasteiger partial charge in [0.05, 0.1) is 12.4 Å². The first-order valence-corrected chi connectivity index (χ1v) is 11.0. The zero-order valence-electron chi connectivity index (χ0n) is 14.9. The van der Waals surface area contributed by atoms with E-state index < -0.39 is 13.7 Å². The smallest absolute Gasteiger partial charge is 0.320 e. The van der Waals surface area contributed by atoms with Gasteiger partial charge in [0.1, 0.15) is 5.41 Å². The maximum absolute atomic E-state index is 12.6. The highest BCUT2D eigenvalue weighted by molar-refractivity contribution is 6.74. The Morgan fingerprint density at radius 3 is 2.59 bits per heavy atom. The van der Waals surface area contributed by atoms with Crippen LogP contribution in [-0.2, 0) is 14.0 Å². The minimum Gasteiger partial charge on any atom is -0.546 e. The van der Waals surface area contributed by atoms with Gasteiger partial charge in [0.2, 0.25) is 8.32 Å².